The van der Waals surface area contributed by atoms with Crippen molar-refractivity contribution in [2.24, 2.45) is 7.05 Å². The molecule has 0 fully saturated rings. The maximum absolute atomic E-state index is 14.0. The van der Waals surface area contributed by atoms with Crippen molar-refractivity contribution in [3.63, 3.8) is 0 Å². The first kappa shape index (κ1) is 27.7. The minimum Gasteiger partial charge on any atom is -0.478 e. The van der Waals surface area contributed by atoms with Gasteiger partial charge in [0.15, 0.2) is 5.69 Å². The van der Waals surface area contributed by atoms with Crippen LogP contribution in [0.5, 0.6) is 5.88 Å². The summed E-state index contributed by atoms with van der Waals surface area (Å²) in [6, 6.07) is 1.51. The molecule has 2 N–H and O–H groups in total. The van der Waals surface area contributed by atoms with Gasteiger partial charge in [0.05, 0.1) is 30.2 Å². The summed E-state index contributed by atoms with van der Waals surface area (Å²) in [7, 11) is 1.51. The molecule has 200 valence electrons. The molecule has 0 aromatic carbocycles. The second-order valence-electron chi connectivity index (χ2n) is 8.25. The Bertz CT molecular complexity index is 1290. The Hall–Kier alpha value is -3.84. The summed E-state index contributed by atoms with van der Waals surface area (Å²) in [6.45, 7) is 5.66. The molecule has 0 unspecified atom stereocenters. The topological polar surface area (TPSA) is 107 Å². The molecule has 3 aromatic heterocycles. The number of amides is 2. The van der Waals surface area contributed by atoms with Crippen LogP contribution in [-0.4, -0.2) is 37.6 Å². The number of pyridine rings is 1. The van der Waals surface area contributed by atoms with E-state index in [1.807, 2.05) is 0 Å². The Balaban J connectivity index is 1.78. The maximum Gasteiger partial charge on any atom is 0.433 e. The molecule has 9 nitrogen and oxygen atoms in total. The molecule has 0 aliphatic rings. The van der Waals surface area contributed by atoms with Crippen LogP contribution >= 0.6 is 0 Å². The van der Waals surface area contributed by atoms with Gasteiger partial charge in [0, 0.05) is 31.3 Å². The number of nitrogens with one attached hydrogen (secondary N) is 2. The lowest BCUT2D eigenvalue weighted by Crippen LogP contribution is -2.29. The summed E-state index contributed by atoms with van der Waals surface area (Å²) < 4.78 is 74.4. The molecule has 3 rings (SSSR count). The number of aryl methyl sites for hydroxylation is 2. The number of carbonyl (C=O) groups is 1. The molecule has 0 atom stereocenters. The van der Waals surface area contributed by atoms with Gasteiger partial charge in [-0.2, -0.15) is 32.1 Å². The van der Waals surface area contributed by atoms with E-state index in [1.165, 1.54) is 17.9 Å². The van der Waals surface area contributed by atoms with E-state index in [4.69, 9.17) is 4.74 Å². The quantitative estimate of drug-likeness (QED) is 0.400. The average molecular weight is 527 g/mol. The fourth-order valence-electron chi connectivity index (χ4n) is 3.62. The summed E-state index contributed by atoms with van der Waals surface area (Å²) in [6.07, 6.45) is -3.06. The molecule has 0 aliphatic carbocycles. The van der Waals surface area contributed by atoms with Gasteiger partial charge < -0.3 is 15.4 Å². The molecule has 37 heavy (non-hydrogen) atoms. The molecule has 0 radical (unpaired) electrons. The Morgan fingerprint density at radius 2 is 1.84 bits per heavy atom. The number of anilines is 1. The third-order valence-corrected chi connectivity index (χ3v) is 5.22. The first-order valence-electron chi connectivity index (χ1n) is 11.3. The van der Waals surface area contributed by atoms with Crippen LogP contribution in [0.2, 0.25) is 0 Å². The maximum atomic E-state index is 14.0. The van der Waals surface area contributed by atoms with Crippen LogP contribution in [0.3, 0.4) is 0 Å². The van der Waals surface area contributed by atoms with Gasteiger partial charge in [-0.3, -0.25) is 4.68 Å². The van der Waals surface area contributed by atoms with Crippen molar-refractivity contribution >= 4 is 11.7 Å². The summed E-state index contributed by atoms with van der Waals surface area (Å²) in [5, 5.41) is 16.8. The zero-order valence-electron chi connectivity index (χ0n) is 20.8. The average Bonchev–Trinajstić information content (AvgIpc) is 3.19. The summed E-state index contributed by atoms with van der Waals surface area (Å²) in [4.78, 5) is 16.0. The fraction of sp³-hybridized carbons (Fsp3) is 0.435. The Morgan fingerprint density at radius 1 is 1.14 bits per heavy atom. The number of rotatable bonds is 8. The molecule has 0 saturated heterocycles. The van der Waals surface area contributed by atoms with E-state index in [0.717, 1.165) is 13.0 Å². The highest BCUT2D eigenvalue weighted by atomic mass is 19.4. The largest absolute Gasteiger partial charge is 0.478 e. The van der Waals surface area contributed by atoms with E-state index in [0.29, 0.717) is 16.8 Å². The number of halogens is 5. The molecule has 0 spiro atoms. The van der Waals surface area contributed by atoms with Crippen LogP contribution < -0.4 is 15.4 Å². The zero-order chi connectivity index (χ0) is 27.5. The molecule has 3 aromatic rings. The first-order valence-corrected chi connectivity index (χ1v) is 11.3. The van der Waals surface area contributed by atoms with Gasteiger partial charge >= 0.3 is 12.2 Å². The molecular weight excluding hydrogens is 501 g/mol. The van der Waals surface area contributed by atoms with E-state index in [9.17, 15) is 26.7 Å². The Labute approximate surface area is 209 Å². The van der Waals surface area contributed by atoms with Crippen LogP contribution in [0.1, 0.15) is 49.0 Å². The molecule has 14 heteroatoms. The van der Waals surface area contributed by atoms with E-state index >= 15 is 0 Å². The predicted molar refractivity (Wildman–Crippen MR) is 124 cm³/mol. The van der Waals surface area contributed by atoms with Crippen LogP contribution in [0.4, 0.5) is 32.4 Å². The van der Waals surface area contributed by atoms with Crippen LogP contribution in [-0.2, 0) is 32.1 Å². The van der Waals surface area contributed by atoms with Gasteiger partial charge in [-0.05, 0) is 38.0 Å². The molecule has 2 amide bonds. The number of nitrogens with zero attached hydrogens (tertiary/aromatic N) is 5. The molecule has 0 saturated carbocycles. The second kappa shape index (κ2) is 10.6. The van der Waals surface area contributed by atoms with Crippen molar-refractivity contribution in [3.05, 3.63) is 46.5 Å². The predicted octanol–water partition coefficient (Wildman–Crippen LogP) is 4.99. The third-order valence-electron chi connectivity index (χ3n) is 5.22. The molecule has 3 heterocycles. The number of alkyl halides is 5. The van der Waals surface area contributed by atoms with E-state index in [2.05, 4.69) is 30.9 Å². The van der Waals surface area contributed by atoms with Crippen LogP contribution in [0.15, 0.2) is 18.3 Å². The molecule has 0 bridgehead atoms. The number of hydrogen-bond acceptors (Lipinski definition) is 6. The summed E-state index contributed by atoms with van der Waals surface area (Å²) >= 11 is 0. The third kappa shape index (κ3) is 6.49. The summed E-state index contributed by atoms with van der Waals surface area (Å²) in [5.41, 5.74) is -0.249. The fourth-order valence-corrected chi connectivity index (χ4v) is 3.62. The number of carbonyl (C=O) groups excluding carboxylic acids is 1. The first-order chi connectivity index (χ1) is 17.2. The minimum atomic E-state index is -4.74. The van der Waals surface area contributed by atoms with Gasteiger partial charge in [0.2, 0.25) is 5.88 Å². The normalized spacial score (nSPS) is 11.9. The highest BCUT2D eigenvalue weighted by molar-refractivity contribution is 5.90. The van der Waals surface area contributed by atoms with Crippen molar-refractivity contribution < 1.29 is 31.5 Å². The van der Waals surface area contributed by atoms with Crippen molar-refractivity contribution in [2.75, 3.05) is 11.9 Å². The van der Waals surface area contributed by atoms with E-state index < -0.39 is 29.5 Å². The van der Waals surface area contributed by atoms with Gasteiger partial charge in [0.25, 0.3) is 5.92 Å². The molecule has 0 aliphatic heterocycles. The SMILES string of the molecule is CCOc1nc(C(F)(F)F)cc(NC(=O)NCc2cc(C)c(-c3cn(C)nc3C(C)(F)F)nn2)c1CC. The number of aromatic nitrogens is 5. The van der Waals surface area contributed by atoms with Crippen molar-refractivity contribution in [1.82, 2.24) is 30.3 Å². The van der Waals surface area contributed by atoms with Crippen LogP contribution in [0.25, 0.3) is 11.3 Å². The van der Waals surface area contributed by atoms with Crippen molar-refractivity contribution in [3.8, 4) is 17.1 Å². The number of urea groups is 1. The highest BCUT2D eigenvalue weighted by Crippen LogP contribution is 2.36. The molecular formula is C23H26F5N7O2. The van der Waals surface area contributed by atoms with Crippen LogP contribution in [0, 0.1) is 6.92 Å². The number of ether oxygens (including phenoxy) is 1. The highest BCUT2D eigenvalue weighted by Gasteiger charge is 2.35. The Kier molecular flexibility index (Phi) is 7.98. The standard InChI is InChI=1S/C23H26F5N7O2/c1-6-14-16(9-17(23(26,27)28)31-20(14)37-7-2)30-21(36)29-10-13-8-12(3)18(33-32-13)15-11-35(5)34-19(15)22(4,24)25/h8-9,11H,6-7,10H2,1-5H3,(H2,29,30,31,36). The Morgan fingerprint density at radius 3 is 2.41 bits per heavy atom. The monoisotopic (exact) mass is 527 g/mol. The van der Waals surface area contributed by atoms with Gasteiger partial charge in [-0.15, -0.1) is 5.10 Å². The zero-order valence-corrected chi connectivity index (χ0v) is 20.8. The lowest BCUT2D eigenvalue weighted by atomic mass is 10.1. The van der Waals surface area contributed by atoms with Crippen molar-refractivity contribution in [1.29, 1.82) is 0 Å². The van der Waals surface area contributed by atoms with Gasteiger partial charge in [0.1, 0.15) is 5.69 Å². The lowest BCUT2D eigenvalue weighted by molar-refractivity contribution is -0.141. The van der Waals surface area contributed by atoms with Gasteiger partial charge in [-0.1, -0.05) is 6.92 Å². The van der Waals surface area contributed by atoms with Crippen molar-refractivity contribution in [2.45, 2.75) is 52.8 Å². The minimum absolute atomic E-state index is 0.0898. The van der Waals surface area contributed by atoms with Gasteiger partial charge in [-0.25, -0.2) is 9.78 Å². The lowest BCUT2D eigenvalue weighted by Gasteiger charge is -2.17. The van der Waals surface area contributed by atoms with E-state index in [1.54, 1.807) is 26.8 Å². The second-order valence-corrected chi connectivity index (χ2v) is 8.25. The van der Waals surface area contributed by atoms with E-state index in [-0.39, 0.29) is 42.4 Å². The summed E-state index contributed by atoms with van der Waals surface area (Å²) in [5.74, 6) is -3.40. The smallest absolute Gasteiger partial charge is 0.433 e. The number of hydrogen-bond donors (Lipinski definition) is 2.